The molecule has 0 aliphatic rings. The van der Waals surface area contributed by atoms with E-state index < -0.39 is 5.82 Å². The van der Waals surface area contributed by atoms with Gasteiger partial charge in [-0.15, -0.1) is 0 Å². The number of benzene rings is 1. The molecule has 0 saturated heterocycles. The monoisotopic (exact) mass is 379 g/mol. The third-order valence-electron chi connectivity index (χ3n) is 2.54. The number of alkyl halides is 1. The highest BCUT2D eigenvalue weighted by Gasteiger charge is 2.12. The first-order valence-electron chi connectivity index (χ1n) is 5.95. The summed E-state index contributed by atoms with van der Waals surface area (Å²) in [7, 11) is 0. The molecule has 0 heterocycles. The molecule has 18 heavy (non-hydrogen) atoms. The molecule has 0 unspecified atom stereocenters. The molecule has 2 nitrogen and oxygen atoms in total. The molecule has 1 aromatic rings. The van der Waals surface area contributed by atoms with E-state index in [-0.39, 0.29) is 11.5 Å². The van der Waals surface area contributed by atoms with Crippen molar-refractivity contribution < 1.29 is 9.18 Å². The van der Waals surface area contributed by atoms with Gasteiger partial charge in [0.2, 0.25) is 0 Å². The van der Waals surface area contributed by atoms with E-state index >= 15 is 0 Å². The summed E-state index contributed by atoms with van der Waals surface area (Å²) in [5.74, 6) is -0.858. The molecule has 5 heteroatoms. The zero-order chi connectivity index (χ0) is 13.4. The van der Waals surface area contributed by atoms with E-state index in [0.717, 1.165) is 31.0 Å². The van der Waals surface area contributed by atoms with Crippen molar-refractivity contribution >= 4 is 37.8 Å². The number of halogens is 3. The smallest absolute Gasteiger partial charge is 0.254 e. The normalized spacial score (nSPS) is 10.4. The molecule has 1 rings (SSSR count). The van der Waals surface area contributed by atoms with Crippen LogP contribution in [0.15, 0.2) is 22.7 Å². The number of carbonyl (C=O) groups is 1. The largest absolute Gasteiger partial charge is 0.352 e. The maximum Gasteiger partial charge on any atom is 0.254 e. The van der Waals surface area contributed by atoms with E-state index in [9.17, 15) is 9.18 Å². The second-order valence-corrected chi connectivity index (χ2v) is 5.61. The highest BCUT2D eigenvalue weighted by Crippen LogP contribution is 2.18. The molecule has 0 fully saturated rings. The van der Waals surface area contributed by atoms with E-state index in [1.165, 1.54) is 6.07 Å². The third kappa shape index (κ3) is 5.06. The molecule has 1 amide bonds. The van der Waals surface area contributed by atoms with Crippen molar-refractivity contribution in [2.75, 3.05) is 11.9 Å². The maximum absolute atomic E-state index is 13.6. The Balaban J connectivity index is 2.35. The van der Waals surface area contributed by atoms with Gasteiger partial charge in [0.15, 0.2) is 0 Å². The van der Waals surface area contributed by atoms with Crippen LogP contribution < -0.4 is 5.32 Å². The fourth-order valence-electron chi connectivity index (χ4n) is 1.55. The summed E-state index contributed by atoms with van der Waals surface area (Å²) in [5, 5.41) is 3.75. The quantitative estimate of drug-likeness (QED) is 0.555. The lowest BCUT2D eigenvalue weighted by Gasteiger charge is -2.06. The Morgan fingerprint density at radius 3 is 2.67 bits per heavy atom. The highest BCUT2D eigenvalue weighted by atomic mass is 79.9. The van der Waals surface area contributed by atoms with Gasteiger partial charge in [-0.3, -0.25) is 4.79 Å². The van der Waals surface area contributed by atoms with Crippen LogP contribution >= 0.6 is 31.9 Å². The van der Waals surface area contributed by atoms with Gasteiger partial charge in [0.1, 0.15) is 5.82 Å². The van der Waals surface area contributed by atoms with E-state index in [2.05, 4.69) is 37.2 Å². The van der Waals surface area contributed by atoms with Crippen LogP contribution in [0.4, 0.5) is 4.39 Å². The minimum Gasteiger partial charge on any atom is -0.352 e. The minimum atomic E-state index is -0.505. The van der Waals surface area contributed by atoms with Crippen LogP contribution in [-0.4, -0.2) is 17.8 Å². The highest BCUT2D eigenvalue weighted by molar-refractivity contribution is 9.10. The molecule has 1 N–H and O–H groups in total. The van der Waals surface area contributed by atoms with Crippen LogP contribution in [0.3, 0.4) is 0 Å². The number of amides is 1. The van der Waals surface area contributed by atoms with Crippen LogP contribution in [-0.2, 0) is 0 Å². The maximum atomic E-state index is 13.6. The molecule has 0 spiro atoms. The first kappa shape index (κ1) is 15.6. The van der Waals surface area contributed by atoms with E-state index in [1.54, 1.807) is 12.1 Å². The molecule has 0 bridgehead atoms. The fourth-order valence-corrected chi connectivity index (χ4v) is 2.31. The van der Waals surface area contributed by atoms with Crippen molar-refractivity contribution in [1.82, 2.24) is 5.32 Å². The van der Waals surface area contributed by atoms with Crippen molar-refractivity contribution in [3.05, 3.63) is 34.1 Å². The van der Waals surface area contributed by atoms with E-state index in [0.29, 0.717) is 11.0 Å². The second kappa shape index (κ2) is 8.64. The first-order chi connectivity index (χ1) is 8.66. The zero-order valence-corrected chi connectivity index (χ0v) is 13.2. The summed E-state index contributed by atoms with van der Waals surface area (Å²) in [4.78, 5) is 11.7. The molecule has 0 aromatic heterocycles. The molecular formula is C13H16Br2FNO. The summed E-state index contributed by atoms with van der Waals surface area (Å²) in [6.07, 6.45) is 4.29. The lowest BCUT2D eigenvalue weighted by molar-refractivity contribution is 0.0949. The van der Waals surface area contributed by atoms with Gasteiger partial charge in [0, 0.05) is 11.9 Å². The Kier molecular flexibility index (Phi) is 7.51. The number of carbonyl (C=O) groups excluding carboxylic acids is 1. The summed E-state index contributed by atoms with van der Waals surface area (Å²) in [5.41, 5.74) is 0.0878. The summed E-state index contributed by atoms with van der Waals surface area (Å²) >= 11 is 6.44. The Hall–Kier alpha value is -0.420. The Bertz CT molecular complexity index is 399. The van der Waals surface area contributed by atoms with Crippen molar-refractivity contribution in [1.29, 1.82) is 0 Å². The van der Waals surface area contributed by atoms with E-state index in [4.69, 9.17) is 0 Å². The number of hydrogen-bond acceptors (Lipinski definition) is 1. The van der Waals surface area contributed by atoms with E-state index in [1.807, 2.05) is 0 Å². The van der Waals surface area contributed by atoms with Gasteiger partial charge in [-0.05, 0) is 40.9 Å². The standard InChI is InChI=1S/C13H16Br2FNO/c14-8-3-1-2-4-9-17-13(18)10-6-5-7-11(15)12(10)16/h5-7H,1-4,8-9H2,(H,17,18). The van der Waals surface area contributed by atoms with Gasteiger partial charge in [-0.1, -0.05) is 34.8 Å². The molecule has 100 valence electrons. The van der Waals surface area contributed by atoms with Crippen LogP contribution in [0.2, 0.25) is 0 Å². The molecular weight excluding hydrogens is 365 g/mol. The van der Waals surface area contributed by atoms with Crippen LogP contribution in [0.1, 0.15) is 36.0 Å². The van der Waals surface area contributed by atoms with Crippen LogP contribution in [0.25, 0.3) is 0 Å². The minimum absolute atomic E-state index is 0.0878. The SMILES string of the molecule is O=C(NCCCCCCBr)c1cccc(Br)c1F. The van der Waals surface area contributed by atoms with Crippen molar-refractivity contribution in [3.8, 4) is 0 Å². The second-order valence-electron chi connectivity index (χ2n) is 3.96. The lowest BCUT2D eigenvalue weighted by atomic mass is 10.2. The number of nitrogens with one attached hydrogen (secondary N) is 1. The summed E-state index contributed by atoms with van der Waals surface area (Å²) < 4.78 is 13.9. The van der Waals surface area contributed by atoms with Gasteiger partial charge in [-0.25, -0.2) is 4.39 Å². The van der Waals surface area contributed by atoms with Gasteiger partial charge < -0.3 is 5.32 Å². The molecule has 0 aliphatic heterocycles. The Morgan fingerprint density at radius 1 is 1.22 bits per heavy atom. The third-order valence-corrected chi connectivity index (χ3v) is 3.72. The van der Waals surface area contributed by atoms with Crippen molar-refractivity contribution in [2.45, 2.75) is 25.7 Å². The lowest BCUT2D eigenvalue weighted by Crippen LogP contribution is -2.25. The number of hydrogen-bond donors (Lipinski definition) is 1. The molecule has 0 saturated carbocycles. The average molecular weight is 381 g/mol. The Labute approximate surface area is 124 Å². The number of unbranched alkanes of at least 4 members (excludes halogenated alkanes) is 3. The van der Waals surface area contributed by atoms with Crippen LogP contribution in [0, 0.1) is 5.82 Å². The summed E-state index contributed by atoms with van der Waals surface area (Å²) in [6, 6.07) is 4.71. The van der Waals surface area contributed by atoms with Gasteiger partial charge >= 0.3 is 0 Å². The van der Waals surface area contributed by atoms with Gasteiger partial charge in [-0.2, -0.15) is 0 Å². The zero-order valence-electron chi connectivity index (χ0n) is 10.0. The molecule has 1 aromatic carbocycles. The summed E-state index contributed by atoms with van der Waals surface area (Å²) in [6.45, 7) is 0.590. The average Bonchev–Trinajstić information content (AvgIpc) is 2.36. The molecule has 0 radical (unpaired) electrons. The molecule has 0 atom stereocenters. The van der Waals surface area contributed by atoms with Crippen molar-refractivity contribution in [3.63, 3.8) is 0 Å². The van der Waals surface area contributed by atoms with Gasteiger partial charge in [0.05, 0.1) is 10.0 Å². The first-order valence-corrected chi connectivity index (χ1v) is 7.86. The Morgan fingerprint density at radius 2 is 1.94 bits per heavy atom. The predicted octanol–water partition coefficient (Wildman–Crippen LogP) is 4.27. The predicted molar refractivity (Wildman–Crippen MR) is 78.7 cm³/mol. The molecule has 0 aliphatic carbocycles. The van der Waals surface area contributed by atoms with Crippen LogP contribution in [0.5, 0.6) is 0 Å². The number of rotatable bonds is 7. The fraction of sp³-hybridized carbons (Fsp3) is 0.462. The van der Waals surface area contributed by atoms with Gasteiger partial charge in [0.25, 0.3) is 5.91 Å². The van der Waals surface area contributed by atoms with Crippen molar-refractivity contribution in [2.24, 2.45) is 0 Å². The topological polar surface area (TPSA) is 29.1 Å².